The molecule has 0 aromatic heterocycles. The number of ether oxygens (including phenoxy) is 4. The van der Waals surface area contributed by atoms with Crippen molar-refractivity contribution in [1.29, 1.82) is 0 Å². The standard InChI is InChI=1S/C84H164O17P2/c1-7-10-12-14-16-18-20-22-24-26-28-29-31-33-35-37-42-50-56-62-68-83(88)100-79(72-94-81(86)66-60-54-48-41-36-34-32-30-27-25-23-21-19-17-15-13-11-8-2)74-98-102(90,91)96-70-78(85)71-97-103(92,93)99-75-80(73-95-82(87)67-61-55-49-45-44-47-53-59-65-77(6)9-3)101-84(89)69-63-57-51-43-39-38-40-46-52-58-64-76(4)5/h76-80,85H,7-75H2,1-6H3,(H,90,91)(H,92,93)/t77?,78-,79-,80-/m1/s1. The Hall–Kier alpha value is -1.94. The third kappa shape index (κ3) is 76.6. The summed E-state index contributed by atoms with van der Waals surface area (Å²) in [4.78, 5) is 73.2. The first kappa shape index (κ1) is 101. The van der Waals surface area contributed by atoms with Crippen LogP contribution in [0.15, 0.2) is 0 Å². The van der Waals surface area contributed by atoms with E-state index >= 15 is 0 Å². The van der Waals surface area contributed by atoms with Gasteiger partial charge in [0.25, 0.3) is 0 Å². The molecular weight excluding hydrogens is 1340 g/mol. The van der Waals surface area contributed by atoms with Crippen molar-refractivity contribution in [2.75, 3.05) is 39.6 Å². The Morgan fingerprint density at radius 1 is 0.282 bits per heavy atom. The number of hydrogen-bond donors (Lipinski definition) is 3. The van der Waals surface area contributed by atoms with E-state index in [-0.39, 0.29) is 25.7 Å². The molecule has 0 bridgehead atoms. The fourth-order valence-corrected chi connectivity index (χ4v) is 14.6. The summed E-state index contributed by atoms with van der Waals surface area (Å²) in [5, 5.41) is 10.7. The number of carbonyl (C=O) groups excluding carboxylic acids is 4. The van der Waals surface area contributed by atoms with E-state index in [9.17, 15) is 43.2 Å². The van der Waals surface area contributed by atoms with Crippen molar-refractivity contribution in [2.45, 2.75) is 464 Å². The van der Waals surface area contributed by atoms with Crippen molar-refractivity contribution in [2.24, 2.45) is 11.8 Å². The number of esters is 4. The minimum atomic E-state index is -4.96. The monoisotopic (exact) mass is 1510 g/mol. The van der Waals surface area contributed by atoms with E-state index in [0.29, 0.717) is 25.7 Å². The molecule has 0 fully saturated rings. The molecule has 612 valence electrons. The lowest BCUT2D eigenvalue weighted by Gasteiger charge is -2.21. The fraction of sp³-hybridized carbons (Fsp3) is 0.952. The van der Waals surface area contributed by atoms with Crippen molar-refractivity contribution in [1.82, 2.24) is 0 Å². The zero-order valence-electron chi connectivity index (χ0n) is 67.6. The molecule has 0 saturated heterocycles. The third-order valence-electron chi connectivity index (χ3n) is 20.1. The maximum absolute atomic E-state index is 13.1. The molecule has 19 heteroatoms. The van der Waals surface area contributed by atoms with Crippen LogP contribution in [0.2, 0.25) is 0 Å². The van der Waals surface area contributed by atoms with E-state index in [2.05, 4.69) is 41.5 Å². The maximum Gasteiger partial charge on any atom is 0.472 e. The van der Waals surface area contributed by atoms with Crippen LogP contribution in [0.3, 0.4) is 0 Å². The second-order valence-electron chi connectivity index (χ2n) is 30.9. The van der Waals surface area contributed by atoms with Gasteiger partial charge in [0.05, 0.1) is 26.4 Å². The highest BCUT2D eigenvalue weighted by atomic mass is 31.2. The molecule has 3 N–H and O–H groups in total. The summed E-state index contributed by atoms with van der Waals surface area (Å²) in [6.45, 7) is 9.65. The summed E-state index contributed by atoms with van der Waals surface area (Å²) in [7, 11) is -9.93. The number of phosphoric acid groups is 2. The van der Waals surface area contributed by atoms with E-state index in [1.807, 2.05) is 0 Å². The first-order valence-corrected chi connectivity index (χ1v) is 46.5. The van der Waals surface area contributed by atoms with Gasteiger partial charge in [0.1, 0.15) is 19.3 Å². The van der Waals surface area contributed by atoms with Gasteiger partial charge in [-0.3, -0.25) is 37.3 Å². The van der Waals surface area contributed by atoms with E-state index in [0.717, 1.165) is 102 Å². The van der Waals surface area contributed by atoms with Crippen molar-refractivity contribution in [3.05, 3.63) is 0 Å². The Labute approximate surface area is 632 Å². The van der Waals surface area contributed by atoms with Crippen LogP contribution in [0.1, 0.15) is 446 Å². The molecule has 6 atom stereocenters. The Balaban J connectivity index is 5.25. The number of hydrogen-bond acceptors (Lipinski definition) is 15. The van der Waals surface area contributed by atoms with Gasteiger partial charge in [-0.15, -0.1) is 0 Å². The quantitative estimate of drug-likeness (QED) is 0.0222. The largest absolute Gasteiger partial charge is 0.472 e. The van der Waals surface area contributed by atoms with Gasteiger partial charge in [-0.05, 0) is 37.5 Å². The highest BCUT2D eigenvalue weighted by molar-refractivity contribution is 7.47. The first-order valence-electron chi connectivity index (χ1n) is 43.5. The van der Waals surface area contributed by atoms with Gasteiger partial charge in [-0.25, -0.2) is 9.13 Å². The van der Waals surface area contributed by atoms with E-state index in [4.69, 9.17) is 37.0 Å². The van der Waals surface area contributed by atoms with Gasteiger partial charge < -0.3 is 33.8 Å². The second kappa shape index (κ2) is 75.5. The van der Waals surface area contributed by atoms with Crippen LogP contribution in [0.25, 0.3) is 0 Å². The molecule has 0 spiro atoms. The van der Waals surface area contributed by atoms with Crippen LogP contribution in [0.5, 0.6) is 0 Å². The summed E-state index contributed by atoms with van der Waals surface area (Å²) < 4.78 is 68.8. The topological polar surface area (TPSA) is 237 Å². The van der Waals surface area contributed by atoms with Crippen LogP contribution < -0.4 is 0 Å². The molecule has 0 rings (SSSR count). The molecule has 0 aliphatic heterocycles. The van der Waals surface area contributed by atoms with Gasteiger partial charge in [-0.1, -0.05) is 395 Å². The van der Waals surface area contributed by atoms with Gasteiger partial charge in [-0.2, -0.15) is 0 Å². The molecule has 17 nitrogen and oxygen atoms in total. The van der Waals surface area contributed by atoms with E-state index < -0.39 is 97.5 Å². The second-order valence-corrected chi connectivity index (χ2v) is 33.8. The molecule has 0 amide bonds. The molecule has 0 radical (unpaired) electrons. The summed E-state index contributed by atoms with van der Waals surface area (Å²) >= 11 is 0. The van der Waals surface area contributed by atoms with Crippen LogP contribution >= 0.6 is 15.6 Å². The van der Waals surface area contributed by atoms with Crippen molar-refractivity contribution < 1.29 is 80.2 Å². The molecule has 103 heavy (non-hydrogen) atoms. The fourth-order valence-electron chi connectivity index (χ4n) is 13.0. The van der Waals surface area contributed by atoms with Crippen LogP contribution in [-0.2, 0) is 65.4 Å². The minimum Gasteiger partial charge on any atom is -0.462 e. The lowest BCUT2D eigenvalue weighted by atomic mass is 9.99. The summed E-state index contributed by atoms with van der Waals surface area (Å²) in [6.07, 6.45) is 66.6. The van der Waals surface area contributed by atoms with Crippen LogP contribution in [0, 0.1) is 11.8 Å². The number of rotatable bonds is 83. The predicted molar refractivity (Wildman–Crippen MR) is 423 cm³/mol. The Morgan fingerprint density at radius 3 is 0.738 bits per heavy atom. The van der Waals surface area contributed by atoms with E-state index in [1.165, 1.54) is 263 Å². The first-order chi connectivity index (χ1) is 49.9. The van der Waals surface area contributed by atoms with Crippen molar-refractivity contribution in [3.63, 3.8) is 0 Å². The predicted octanol–water partition coefficient (Wildman–Crippen LogP) is 25.5. The number of unbranched alkanes of at least 4 members (excludes halogenated alkanes) is 52. The average molecular weight is 1510 g/mol. The van der Waals surface area contributed by atoms with Gasteiger partial charge in [0.2, 0.25) is 0 Å². The highest BCUT2D eigenvalue weighted by Crippen LogP contribution is 2.45. The number of phosphoric ester groups is 2. The van der Waals surface area contributed by atoms with Gasteiger partial charge in [0.15, 0.2) is 12.2 Å². The molecule has 0 aromatic rings. The molecular formula is C84H164O17P2. The molecule has 0 saturated carbocycles. The van der Waals surface area contributed by atoms with Gasteiger partial charge >= 0.3 is 39.5 Å². The minimum absolute atomic E-state index is 0.106. The number of aliphatic hydroxyl groups excluding tert-OH is 1. The highest BCUT2D eigenvalue weighted by Gasteiger charge is 2.30. The normalized spacial score (nSPS) is 14.1. The molecule has 3 unspecified atom stereocenters. The smallest absolute Gasteiger partial charge is 0.462 e. The molecule has 0 heterocycles. The Morgan fingerprint density at radius 2 is 0.495 bits per heavy atom. The maximum atomic E-state index is 13.1. The summed E-state index contributed by atoms with van der Waals surface area (Å²) in [6, 6.07) is 0. The van der Waals surface area contributed by atoms with Crippen LogP contribution in [0.4, 0.5) is 0 Å². The molecule has 0 aromatic carbocycles. The average Bonchev–Trinajstić information content (AvgIpc) is 0.908. The molecule has 0 aliphatic carbocycles. The summed E-state index contributed by atoms with van der Waals surface area (Å²) in [5.74, 6) is -0.576. The lowest BCUT2D eigenvalue weighted by Crippen LogP contribution is -2.30. The van der Waals surface area contributed by atoms with E-state index in [1.54, 1.807) is 0 Å². The zero-order chi connectivity index (χ0) is 75.6. The third-order valence-corrected chi connectivity index (χ3v) is 22.0. The zero-order valence-corrected chi connectivity index (χ0v) is 69.4. The lowest BCUT2D eigenvalue weighted by molar-refractivity contribution is -0.161. The van der Waals surface area contributed by atoms with Crippen LogP contribution in [-0.4, -0.2) is 96.7 Å². The van der Waals surface area contributed by atoms with Crippen molar-refractivity contribution >= 4 is 39.5 Å². The molecule has 0 aliphatic rings. The number of aliphatic hydroxyl groups is 1. The van der Waals surface area contributed by atoms with Crippen molar-refractivity contribution in [3.8, 4) is 0 Å². The van der Waals surface area contributed by atoms with Gasteiger partial charge in [0, 0.05) is 25.7 Å². The summed E-state index contributed by atoms with van der Waals surface area (Å²) in [5.41, 5.74) is 0. The SMILES string of the molecule is CCCCCCCCCCCCCCCCCCCCCCC(=O)O[C@H](COC(=O)CCCCCCCCCCCCCCCCCCCC)COP(=O)(O)OC[C@@H](O)COP(=O)(O)OC[C@@H](COC(=O)CCCCCCCCCCC(C)CC)OC(=O)CCCCCCCCCCCCC(C)C. The Kier molecular flexibility index (Phi) is 74.1. The Bertz CT molecular complexity index is 1980. The number of carbonyl (C=O) groups is 4.